The highest BCUT2D eigenvalue weighted by molar-refractivity contribution is 6.08. The standard InChI is InChI=1S/C27H20N4O2/c1-33-26-11-10-18-6-2-3-7-20(18)23(26)17-29-31-27(32)22-16-25(19-12-14-28-15-13-19)30-24-9-5-4-8-21(22)24/h2-17H,1H3,(H,31,32). The number of nitrogens with one attached hydrogen (secondary N) is 1. The van der Waals surface area contributed by atoms with E-state index in [1.807, 2.05) is 72.8 Å². The minimum atomic E-state index is -0.320. The largest absolute Gasteiger partial charge is 0.496 e. The maximum Gasteiger partial charge on any atom is 0.272 e. The number of rotatable bonds is 5. The van der Waals surface area contributed by atoms with E-state index in [9.17, 15) is 4.79 Å². The molecule has 0 aliphatic rings. The highest BCUT2D eigenvalue weighted by Crippen LogP contribution is 2.27. The molecule has 3 aromatic carbocycles. The first kappa shape index (κ1) is 20.3. The van der Waals surface area contributed by atoms with Crippen molar-refractivity contribution in [2.24, 2.45) is 5.10 Å². The number of fused-ring (bicyclic) bond motifs is 2. The molecule has 5 aromatic rings. The second kappa shape index (κ2) is 8.88. The van der Waals surface area contributed by atoms with Gasteiger partial charge in [-0.1, -0.05) is 48.5 Å². The third-order valence-electron chi connectivity index (χ3n) is 5.45. The number of carbonyl (C=O) groups is 1. The molecule has 0 saturated heterocycles. The summed E-state index contributed by atoms with van der Waals surface area (Å²) in [4.78, 5) is 21.9. The smallest absolute Gasteiger partial charge is 0.272 e. The van der Waals surface area contributed by atoms with Gasteiger partial charge in [-0.25, -0.2) is 10.4 Å². The first-order valence-electron chi connectivity index (χ1n) is 10.4. The molecule has 0 fully saturated rings. The van der Waals surface area contributed by atoms with E-state index in [-0.39, 0.29) is 5.91 Å². The number of para-hydroxylation sites is 1. The van der Waals surface area contributed by atoms with Crippen LogP contribution in [0.1, 0.15) is 15.9 Å². The lowest BCUT2D eigenvalue weighted by Gasteiger charge is -2.10. The Hall–Kier alpha value is -4.58. The molecule has 6 nitrogen and oxygen atoms in total. The average Bonchev–Trinajstić information content (AvgIpc) is 2.88. The number of benzene rings is 3. The van der Waals surface area contributed by atoms with Crippen molar-refractivity contribution in [3.05, 3.63) is 102 Å². The average molecular weight is 432 g/mol. The van der Waals surface area contributed by atoms with Gasteiger partial charge in [-0.3, -0.25) is 9.78 Å². The molecule has 0 aliphatic carbocycles. The number of aromatic nitrogens is 2. The number of pyridine rings is 2. The van der Waals surface area contributed by atoms with E-state index in [1.165, 1.54) is 0 Å². The Labute approximate surface area is 190 Å². The van der Waals surface area contributed by atoms with Crippen molar-refractivity contribution in [1.29, 1.82) is 0 Å². The quantitative estimate of drug-likeness (QED) is 0.305. The molecule has 6 heteroatoms. The molecule has 1 N–H and O–H groups in total. The SMILES string of the molecule is COc1ccc2ccccc2c1C=NNC(=O)c1cc(-c2ccncc2)nc2ccccc12. The zero-order valence-corrected chi connectivity index (χ0v) is 17.9. The van der Waals surface area contributed by atoms with Gasteiger partial charge in [0.15, 0.2) is 0 Å². The Morgan fingerprint density at radius 1 is 0.939 bits per heavy atom. The topological polar surface area (TPSA) is 76.5 Å². The van der Waals surface area contributed by atoms with Gasteiger partial charge in [0.2, 0.25) is 0 Å². The van der Waals surface area contributed by atoms with Gasteiger partial charge >= 0.3 is 0 Å². The van der Waals surface area contributed by atoms with Gasteiger partial charge < -0.3 is 4.74 Å². The molecular formula is C27H20N4O2. The van der Waals surface area contributed by atoms with E-state index >= 15 is 0 Å². The Morgan fingerprint density at radius 3 is 2.52 bits per heavy atom. The van der Waals surface area contributed by atoms with Crippen LogP contribution in [0.2, 0.25) is 0 Å². The summed E-state index contributed by atoms with van der Waals surface area (Å²) in [5, 5.41) is 7.06. The van der Waals surface area contributed by atoms with Crippen molar-refractivity contribution in [1.82, 2.24) is 15.4 Å². The number of nitrogens with zero attached hydrogens (tertiary/aromatic N) is 3. The number of hydrogen-bond acceptors (Lipinski definition) is 5. The van der Waals surface area contributed by atoms with Crippen LogP contribution in [0, 0.1) is 0 Å². The van der Waals surface area contributed by atoms with Crippen LogP contribution in [-0.2, 0) is 0 Å². The molecule has 0 aliphatic heterocycles. The molecule has 0 bridgehead atoms. The number of carbonyl (C=O) groups excluding carboxylic acids is 1. The highest BCUT2D eigenvalue weighted by atomic mass is 16.5. The Balaban J connectivity index is 1.51. The van der Waals surface area contributed by atoms with Gasteiger partial charge in [-0.05, 0) is 41.1 Å². The van der Waals surface area contributed by atoms with Crippen LogP contribution < -0.4 is 10.2 Å². The Bertz CT molecular complexity index is 1500. The van der Waals surface area contributed by atoms with Crippen LogP contribution in [0.4, 0.5) is 0 Å². The van der Waals surface area contributed by atoms with Crippen molar-refractivity contribution in [3.63, 3.8) is 0 Å². The van der Waals surface area contributed by atoms with Crippen molar-refractivity contribution in [2.45, 2.75) is 0 Å². The molecule has 0 saturated carbocycles. The van der Waals surface area contributed by atoms with Crippen LogP contribution in [0.5, 0.6) is 5.75 Å². The molecule has 0 spiro atoms. The molecule has 0 atom stereocenters. The number of hydrazone groups is 1. The van der Waals surface area contributed by atoms with Crippen LogP contribution in [0.25, 0.3) is 32.9 Å². The normalized spacial score (nSPS) is 11.2. The summed E-state index contributed by atoms with van der Waals surface area (Å²) in [7, 11) is 1.61. The van der Waals surface area contributed by atoms with Gasteiger partial charge in [0.05, 0.1) is 30.1 Å². The predicted molar refractivity (Wildman–Crippen MR) is 131 cm³/mol. The van der Waals surface area contributed by atoms with E-state index in [2.05, 4.69) is 15.5 Å². The predicted octanol–water partition coefficient (Wildman–Crippen LogP) is 5.22. The van der Waals surface area contributed by atoms with Crippen molar-refractivity contribution in [3.8, 4) is 17.0 Å². The van der Waals surface area contributed by atoms with Gasteiger partial charge in [0.25, 0.3) is 5.91 Å². The minimum Gasteiger partial charge on any atom is -0.496 e. The summed E-state index contributed by atoms with van der Waals surface area (Å²) in [6.07, 6.45) is 5.02. The summed E-state index contributed by atoms with van der Waals surface area (Å²) in [6, 6.07) is 24.9. The third kappa shape index (κ3) is 4.02. The summed E-state index contributed by atoms with van der Waals surface area (Å²) >= 11 is 0. The van der Waals surface area contributed by atoms with E-state index < -0.39 is 0 Å². The van der Waals surface area contributed by atoms with E-state index in [0.717, 1.165) is 32.8 Å². The van der Waals surface area contributed by atoms with E-state index in [1.54, 1.807) is 31.8 Å². The Kier molecular flexibility index (Phi) is 5.47. The molecule has 1 amide bonds. The molecule has 160 valence electrons. The highest BCUT2D eigenvalue weighted by Gasteiger charge is 2.14. The third-order valence-corrected chi connectivity index (χ3v) is 5.45. The second-order valence-corrected chi connectivity index (χ2v) is 7.41. The van der Waals surface area contributed by atoms with Crippen LogP contribution in [-0.4, -0.2) is 29.2 Å². The van der Waals surface area contributed by atoms with Crippen LogP contribution in [0.3, 0.4) is 0 Å². The zero-order valence-electron chi connectivity index (χ0n) is 17.9. The summed E-state index contributed by atoms with van der Waals surface area (Å²) < 4.78 is 5.50. The lowest BCUT2D eigenvalue weighted by molar-refractivity contribution is 0.0956. The lowest BCUT2D eigenvalue weighted by Crippen LogP contribution is -2.18. The fourth-order valence-corrected chi connectivity index (χ4v) is 3.84. The van der Waals surface area contributed by atoms with Gasteiger partial charge in [0, 0.05) is 28.9 Å². The monoisotopic (exact) mass is 432 g/mol. The fraction of sp³-hybridized carbons (Fsp3) is 0.0370. The minimum absolute atomic E-state index is 0.320. The summed E-state index contributed by atoms with van der Waals surface area (Å²) in [5.74, 6) is 0.361. The zero-order chi connectivity index (χ0) is 22.6. The summed E-state index contributed by atoms with van der Waals surface area (Å²) in [5.41, 5.74) is 6.27. The first-order chi connectivity index (χ1) is 16.2. The van der Waals surface area contributed by atoms with E-state index in [0.29, 0.717) is 17.0 Å². The van der Waals surface area contributed by atoms with Crippen LogP contribution >= 0.6 is 0 Å². The van der Waals surface area contributed by atoms with Gasteiger partial charge in [-0.15, -0.1) is 0 Å². The van der Waals surface area contributed by atoms with Crippen LogP contribution in [0.15, 0.2) is 96.4 Å². The van der Waals surface area contributed by atoms with E-state index in [4.69, 9.17) is 9.72 Å². The number of amides is 1. The fourth-order valence-electron chi connectivity index (χ4n) is 3.84. The number of hydrogen-bond donors (Lipinski definition) is 1. The number of methoxy groups -OCH3 is 1. The molecule has 2 aromatic heterocycles. The molecule has 0 unspecified atom stereocenters. The maximum atomic E-state index is 13.2. The van der Waals surface area contributed by atoms with Gasteiger partial charge in [0.1, 0.15) is 5.75 Å². The second-order valence-electron chi connectivity index (χ2n) is 7.41. The van der Waals surface area contributed by atoms with Crippen molar-refractivity contribution < 1.29 is 9.53 Å². The summed E-state index contributed by atoms with van der Waals surface area (Å²) in [6.45, 7) is 0. The molecule has 33 heavy (non-hydrogen) atoms. The molecular weight excluding hydrogens is 412 g/mol. The molecule has 5 rings (SSSR count). The lowest BCUT2D eigenvalue weighted by atomic mass is 10.0. The van der Waals surface area contributed by atoms with Crippen molar-refractivity contribution >= 4 is 33.8 Å². The van der Waals surface area contributed by atoms with Crippen molar-refractivity contribution in [2.75, 3.05) is 7.11 Å². The maximum absolute atomic E-state index is 13.2. The number of ether oxygens (including phenoxy) is 1. The molecule has 2 heterocycles. The molecule has 0 radical (unpaired) electrons. The first-order valence-corrected chi connectivity index (χ1v) is 10.4. The Morgan fingerprint density at radius 2 is 1.70 bits per heavy atom. The van der Waals surface area contributed by atoms with Gasteiger partial charge in [-0.2, -0.15) is 5.10 Å².